The summed E-state index contributed by atoms with van der Waals surface area (Å²) < 4.78 is 18.2. The molecule has 0 aliphatic heterocycles. The summed E-state index contributed by atoms with van der Waals surface area (Å²) in [6.45, 7) is 1.81. The van der Waals surface area contributed by atoms with Crippen molar-refractivity contribution in [3.8, 4) is 0 Å². The van der Waals surface area contributed by atoms with E-state index in [1.54, 1.807) is 30.3 Å². The molecule has 7 heteroatoms. The number of nitrogens with zero attached hydrogens (tertiary/aromatic N) is 1. The molecule has 2 amide bonds. The van der Waals surface area contributed by atoms with Crippen LogP contribution in [0.1, 0.15) is 32.2 Å². The van der Waals surface area contributed by atoms with Gasteiger partial charge in [-0.25, -0.2) is 9.82 Å². The van der Waals surface area contributed by atoms with Gasteiger partial charge in [0, 0.05) is 16.8 Å². The first kappa shape index (κ1) is 18.1. The molecule has 0 spiro atoms. The van der Waals surface area contributed by atoms with E-state index in [1.807, 2.05) is 6.92 Å². The molecule has 0 saturated heterocycles. The van der Waals surface area contributed by atoms with Gasteiger partial charge in [-0.05, 0) is 61.5 Å². The number of halogens is 1. The van der Waals surface area contributed by atoms with Gasteiger partial charge in [-0.3, -0.25) is 9.59 Å². The van der Waals surface area contributed by atoms with Crippen LogP contribution in [0.3, 0.4) is 0 Å². The third-order valence-corrected chi connectivity index (χ3v) is 3.61. The second kappa shape index (κ2) is 8.09. The number of carbonyl (C=O) groups is 2. The van der Waals surface area contributed by atoms with Crippen molar-refractivity contribution in [2.45, 2.75) is 6.92 Å². The van der Waals surface area contributed by atoms with Crippen molar-refractivity contribution in [1.82, 2.24) is 5.43 Å². The highest BCUT2D eigenvalue weighted by Gasteiger charge is 2.09. The molecule has 6 nitrogen and oxygen atoms in total. The molecular weight excluding hydrogens is 349 g/mol. The molecule has 136 valence electrons. The van der Waals surface area contributed by atoms with Crippen molar-refractivity contribution >= 4 is 23.7 Å². The van der Waals surface area contributed by atoms with Crippen molar-refractivity contribution in [2.24, 2.45) is 5.10 Å². The van der Waals surface area contributed by atoms with E-state index >= 15 is 0 Å². The molecule has 0 atom stereocenters. The van der Waals surface area contributed by atoms with Crippen LogP contribution in [0.4, 0.5) is 10.1 Å². The number of rotatable bonds is 5. The molecule has 3 aromatic rings. The Bertz CT molecular complexity index is 994. The number of furan rings is 1. The molecule has 0 saturated carbocycles. The highest BCUT2D eigenvalue weighted by atomic mass is 19.1. The molecule has 0 unspecified atom stereocenters. The zero-order chi connectivity index (χ0) is 19.2. The smallest absolute Gasteiger partial charge is 0.271 e. The van der Waals surface area contributed by atoms with Crippen LogP contribution in [0.15, 0.2) is 70.2 Å². The molecule has 2 aromatic carbocycles. The van der Waals surface area contributed by atoms with E-state index in [9.17, 15) is 14.0 Å². The van der Waals surface area contributed by atoms with Crippen molar-refractivity contribution in [1.29, 1.82) is 0 Å². The zero-order valence-corrected chi connectivity index (χ0v) is 14.4. The second-order valence-electron chi connectivity index (χ2n) is 5.69. The third-order valence-electron chi connectivity index (χ3n) is 3.61. The minimum Gasteiger partial charge on any atom is -0.460 e. The minimum atomic E-state index is -0.438. The molecule has 2 N–H and O–H groups in total. The van der Waals surface area contributed by atoms with Crippen LogP contribution in [0, 0.1) is 12.7 Å². The number of benzene rings is 2. The van der Waals surface area contributed by atoms with Gasteiger partial charge in [0.05, 0.1) is 6.21 Å². The van der Waals surface area contributed by atoms with E-state index in [0.717, 1.165) is 5.76 Å². The van der Waals surface area contributed by atoms with Crippen LogP contribution in [0.2, 0.25) is 0 Å². The monoisotopic (exact) mass is 365 g/mol. The predicted molar refractivity (Wildman–Crippen MR) is 99.3 cm³/mol. The van der Waals surface area contributed by atoms with E-state index in [4.69, 9.17) is 4.42 Å². The summed E-state index contributed by atoms with van der Waals surface area (Å²) in [5, 5.41) is 6.50. The Balaban J connectivity index is 1.63. The summed E-state index contributed by atoms with van der Waals surface area (Å²) in [7, 11) is 0. The summed E-state index contributed by atoms with van der Waals surface area (Å²) in [6.07, 6.45) is 1.39. The fraction of sp³-hybridized carbons (Fsp3) is 0.0500. The van der Waals surface area contributed by atoms with Gasteiger partial charge >= 0.3 is 0 Å². The molecular formula is C20H16FN3O3. The number of hydrogen-bond acceptors (Lipinski definition) is 4. The fourth-order valence-corrected chi connectivity index (χ4v) is 2.28. The van der Waals surface area contributed by atoms with Crippen LogP contribution >= 0.6 is 0 Å². The maximum Gasteiger partial charge on any atom is 0.271 e. The number of amides is 2. The fourth-order valence-electron chi connectivity index (χ4n) is 2.28. The van der Waals surface area contributed by atoms with Gasteiger partial charge in [-0.2, -0.15) is 5.10 Å². The molecule has 27 heavy (non-hydrogen) atoms. The van der Waals surface area contributed by atoms with Gasteiger partial charge in [-0.15, -0.1) is 0 Å². The highest BCUT2D eigenvalue weighted by Crippen LogP contribution is 2.13. The molecule has 0 fully saturated rings. The number of hydrogen-bond donors (Lipinski definition) is 2. The van der Waals surface area contributed by atoms with Gasteiger partial charge in [0.15, 0.2) is 0 Å². The topological polar surface area (TPSA) is 83.7 Å². The third kappa shape index (κ3) is 4.88. The van der Waals surface area contributed by atoms with Gasteiger partial charge in [0.1, 0.15) is 17.3 Å². The first-order valence-corrected chi connectivity index (χ1v) is 8.08. The Hall–Kier alpha value is -3.74. The van der Waals surface area contributed by atoms with E-state index in [-0.39, 0.29) is 0 Å². The zero-order valence-electron chi connectivity index (χ0n) is 14.4. The number of hydrazone groups is 1. The summed E-state index contributed by atoms with van der Waals surface area (Å²) in [5.74, 6) is 0.00199. The Labute approximate surface area is 154 Å². The predicted octanol–water partition coefficient (Wildman–Crippen LogP) is 3.74. The number of nitrogens with one attached hydrogen (secondary N) is 2. The highest BCUT2D eigenvalue weighted by molar-refractivity contribution is 6.05. The molecule has 0 bridgehead atoms. The van der Waals surface area contributed by atoms with E-state index < -0.39 is 17.6 Å². The summed E-state index contributed by atoms with van der Waals surface area (Å²) in [4.78, 5) is 24.3. The van der Waals surface area contributed by atoms with Crippen molar-refractivity contribution < 1.29 is 18.4 Å². The lowest BCUT2D eigenvalue weighted by molar-refractivity contribution is 0.0953. The SMILES string of the molecule is Cc1ccc(/C=N/NC(=O)c2cccc(NC(=O)c3ccc(F)cc3)c2)o1. The molecule has 0 aliphatic rings. The Morgan fingerprint density at radius 1 is 1.00 bits per heavy atom. The van der Waals surface area contributed by atoms with E-state index in [0.29, 0.717) is 22.6 Å². The first-order valence-electron chi connectivity index (χ1n) is 8.08. The largest absolute Gasteiger partial charge is 0.460 e. The second-order valence-corrected chi connectivity index (χ2v) is 5.69. The molecule has 0 aliphatic carbocycles. The van der Waals surface area contributed by atoms with Gasteiger partial charge < -0.3 is 9.73 Å². The molecule has 1 heterocycles. The minimum absolute atomic E-state index is 0.310. The maximum absolute atomic E-state index is 12.9. The van der Waals surface area contributed by atoms with E-state index in [1.165, 1.54) is 36.5 Å². The van der Waals surface area contributed by atoms with Crippen molar-refractivity contribution in [3.05, 3.63) is 89.1 Å². The number of anilines is 1. The van der Waals surface area contributed by atoms with Crippen molar-refractivity contribution in [2.75, 3.05) is 5.32 Å². The Morgan fingerprint density at radius 3 is 2.48 bits per heavy atom. The first-order chi connectivity index (χ1) is 13.0. The molecule has 3 rings (SSSR count). The van der Waals surface area contributed by atoms with Crippen LogP contribution in [0.25, 0.3) is 0 Å². The lowest BCUT2D eigenvalue weighted by Gasteiger charge is -2.07. The van der Waals surface area contributed by atoms with E-state index in [2.05, 4.69) is 15.8 Å². The average molecular weight is 365 g/mol. The summed E-state index contributed by atoms with van der Waals surface area (Å²) in [5.41, 5.74) is 3.45. The Morgan fingerprint density at radius 2 is 1.78 bits per heavy atom. The lowest BCUT2D eigenvalue weighted by atomic mass is 10.1. The average Bonchev–Trinajstić information content (AvgIpc) is 3.07. The van der Waals surface area contributed by atoms with Gasteiger partial charge in [0.2, 0.25) is 0 Å². The van der Waals surface area contributed by atoms with Crippen LogP contribution in [0.5, 0.6) is 0 Å². The van der Waals surface area contributed by atoms with Crippen LogP contribution < -0.4 is 10.7 Å². The summed E-state index contributed by atoms with van der Waals surface area (Å²) in [6, 6.07) is 15.1. The number of aryl methyl sites for hydroxylation is 1. The van der Waals surface area contributed by atoms with Crippen LogP contribution in [-0.4, -0.2) is 18.0 Å². The number of carbonyl (C=O) groups excluding carboxylic acids is 2. The Kier molecular flexibility index (Phi) is 5.41. The van der Waals surface area contributed by atoms with Gasteiger partial charge in [0.25, 0.3) is 11.8 Å². The maximum atomic E-state index is 12.9. The lowest BCUT2D eigenvalue weighted by Crippen LogP contribution is -2.18. The quantitative estimate of drug-likeness (QED) is 0.534. The molecule has 0 radical (unpaired) electrons. The summed E-state index contributed by atoms with van der Waals surface area (Å²) >= 11 is 0. The van der Waals surface area contributed by atoms with Crippen molar-refractivity contribution in [3.63, 3.8) is 0 Å². The molecule has 1 aromatic heterocycles. The standard InChI is InChI=1S/C20H16FN3O3/c1-13-5-10-18(27-13)12-22-24-20(26)15-3-2-4-17(11-15)23-19(25)14-6-8-16(21)9-7-14/h2-12H,1H3,(H,23,25)(H,24,26)/b22-12+. The normalized spacial score (nSPS) is 10.7. The van der Waals surface area contributed by atoms with Crippen LogP contribution in [-0.2, 0) is 0 Å². The van der Waals surface area contributed by atoms with Gasteiger partial charge in [-0.1, -0.05) is 6.07 Å².